The van der Waals surface area contributed by atoms with Crippen LogP contribution >= 0.6 is 0 Å². The number of nitrogen functional groups attached to an aromatic ring is 1. The molecule has 0 saturated heterocycles. The van der Waals surface area contributed by atoms with Gasteiger partial charge in [0.15, 0.2) is 11.6 Å². The van der Waals surface area contributed by atoms with E-state index in [0.29, 0.717) is 16.8 Å². The maximum absolute atomic E-state index is 13.3. The molecule has 19 heavy (non-hydrogen) atoms. The van der Waals surface area contributed by atoms with Crippen molar-refractivity contribution in [3.05, 3.63) is 54.1 Å². The van der Waals surface area contributed by atoms with Gasteiger partial charge in [-0.1, -0.05) is 18.2 Å². The Bertz CT molecular complexity index is 772. The number of rotatable bonds is 1. The van der Waals surface area contributed by atoms with Gasteiger partial charge in [0.1, 0.15) is 0 Å². The van der Waals surface area contributed by atoms with Crippen LogP contribution in [0.2, 0.25) is 0 Å². The summed E-state index contributed by atoms with van der Waals surface area (Å²) in [5.74, 6) is -1.72. The SMILES string of the molecule is Nc1nc(-c2ccc(F)c(F)c2)c2ccccc2n1. The van der Waals surface area contributed by atoms with Crippen molar-refractivity contribution < 1.29 is 8.78 Å². The van der Waals surface area contributed by atoms with Crippen LogP contribution in [0.3, 0.4) is 0 Å². The molecule has 0 bridgehead atoms. The Kier molecular flexibility index (Phi) is 2.59. The van der Waals surface area contributed by atoms with Crippen LogP contribution in [-0.4, -0.2) is 9.97 Å². The fraction of sp³-hybridized carbons (Fsp3) is 0. The Labute approximate surface area is 107 Å². The second-order valence-electron chi connectivity index (χ2n) is 4.08. The van der Waals surface area contributed by atoms with Crippen LogP contribution in [0.15, 0.2) is 42.5 Å². The summed E-state index contributed by atoms with van der Waals surface area (Å²) >= 11 is 0. The molecule has 3 aromatic rings. The van der Waals surface area contributed by atoms with Gasteiger partial charge >= 0.3 is 0 Å². The van der Waals surface area contributed by atoms with E-state index in [2.05, 4.69) is 9.97 Å². The second-order valence-corrected chi connectivity index (χ2v) is 4.08. The lowest BCUT2D eigenvalue weighted by atomic mass is 10.1. The zero-order chi connectivity index (χ0) is 13.4. The van der Waals surface area contributed by atoms with E-state index >= 15 is 0 Å². The van der Waals surface area contributed by atoms with E-state index in [1.807, 2.05) is 18.2 Å². The maximum atomic E-state index is 13.3. The Morgan fingerprint density at radius 2 is 1.68 bits per heavy atom. The minimum Gasteiger partial charge on any atom is -0.368 e. The van der Waals surface area contributed by atoms with Crippen LogP contribution in [0.25, 0.3) is 22.2 Å². The molecule has 0 aliphatic heterocycles. The number of hydrogen-bond acceptors (Lipinski definition) is 3. The highest BCUT2D eigenvalue weighted by atomic mass is 19.2. The predicted octanol–water partition coefficient (Wildman–Crippen LogP) is 3.16. The van der Waals surface area contributed by atoms with Crippen LogP contribution in [0.5, 0.6) is 0 Å². The lowest BCUT2D eigenvalue weighted by molar-refractivity contribution is 0.509. The molecule has 3 rings (SSSR count). The number of fused-ring (bicyclic) bond motifs is 1. The van der Waals surface area contributed by atoms with Gasteiger partial charge in [0.05, 0.1) is 11.2 Å². The zero-order valence-electron chi connectivity index (χ0n) is 9.77. The molecule has 2 aromatic carbocycles. The summed E-state index contributed by atoms with van der Waals surface area (Å²) in [6.07, 6.45) is 0. The van der Waals surface area contributed by atoms with E-state index in [1.165, 1.54) is 6.07 Å². The van der Waals surface area contributed by atoms with Gasteiger partial charge in [-0.3, -0.25) is 0 Å². The fourth-order valence-corrected chi connectivity index (χ4v) is 1.96. The maximum Gasteiger partial charge on any atom is 0.221 e. The quantitative estimate of drug-likeness (QED) is 0.728. The molecular formula is C14H9F2N3. The van der Waals surface area contributed by atoms with Gasteiger partial charge in [0.2, 0.25) is 5.95 Å². The highest BCUT2D eigenvalue weighted by molar-refractivity contribution is 5.92. The monoisotopic (exact) mass is 257 g/mol. The smallest absolute Gasteiger partial charge is 0.221 e. The van der Waals surface area contributed by atoms with Crippen molar-refractivity contribution in [3.63, 3.8) is 0 Å². The molecular weight excluding hydrogens is 248 g/mol. The molecule has 0 amide bonds. The Hall–Kier alpha value is -2.56. The third kappa shape index (κ3) is 1.99. The molecule has 0 saturated carbocycles. The normalized spacial score (nSPS) is 10.8. The third-order valence-electron chi connectivity index (χ3n) is 2.81. The summed E-state index contributed by atoms with van der Waals surface area (Å²) < 4.78 is 26.3. The van der Waals surface area contributed by atoms with E-state index in [1.54, 1.807) is 6.07 Å². The molecule has 1 aromatic heterocycles. The first-order valence-electron chi connectivity index (χ1n) is 5.63. The van der Waals surface area contributed by atoms with Crippen molar-refractivity contribution >= 4 is 16.9 Å². The molecule has 0 spiro atoms. The number of halogens is 2. The van der Waals surface area contributed by atoms with E-state index in [9.17, 15) is 8.78 Å². The Morgan fingerprint density at radius 1 is 0.895 bits per heavy atom. The van der Waals surface area contributed by atoms with Crippen LogP contribution in [0, 0.1) is 11.6 Å². The molecule has 1 heterocycles. The van der Waals surface area contributed by atoms with E-state index in [4.69, 9.17) is 5.73 Å². The van der Waals surface area contributed by atoms with Gasteiger partial charge < -0.3 is 5.73 Å². The second kappa shape index (κ2) is 4.28. The standard InChI is InChI=1S/C14H9F2N3/c15-10-6-5-8(7-11(10)16)13-9-3-1-2-4-12(9)18-14(17)19-13/h1-7H,(H2,17,18,19). The third-order valence-corrected chi connectivity index (χ3v) is 2.81. The summed E-state index contributed by atoms with van der Waals surface area (Å²) in [7, 11) is 0. The van der Waals surface area contributed by atoms with Crippen LogP contribution in [-0.2, 0) is 0 Å². The molecule has 3 nitrogen and oxygen atoms in total. The van der Waals surface area contributed by atoms with Gasteiger partial charge in [-0.2, -0.15) is 0 Å². The minimum atomic E-state index is -0.918. The summed E-state index contributed by atoms with van der Waals surface area (Å²) in [5, 5.41) is 0.739. The lowest BCUT2D eigenvalue weighted by Crippen LogP contribution is -1.98. The number of hydrogen-bond donors (Lipinski definition) is 1. The molecule has 94 valence electrons. The molecule has 0 fully saturated rings. The van der Waals surface area contributed by atoms with Crippen molar-refractivity contribution in [1.82, 2.24) is 9.97 Å². The first-order chi connectivity index (χ1) is 9.15. The average molecular weight is 257 g/mol. The van der Waals surface area contributed by atoms with Crippen molar-refractivity contribution in [2.24, 2.45) is 0 Å². The van der Waals surface area contributed by atoms with E-state index in [0.717, 1.165) is 17.5 Å². The summed E-state index contributed by atoms with van der Waals surface area (Å²) in [4.78, 5) is 8.22. The molecule has 0 aliphatic rings. The van der Waals surface area contributed by atoms with Gasteiger partial charge in [0, 0.05) is 10.9 Å². The molecule has 5 heteroatoms. The number of para-hydroxylation sites is 1. The molecule has 0 atom stereocenters. The van der Waals surface area contributed by atoms with Gasteiger partial charge in [-0.05, 0) is 24.3 Å². The largest absolute Gasteiger partial charge is 0.368 e. The Balaban J connectivity index is 2.32. The summed E-state index contributed by atoms with van der Waals surface area (Å²) in [6.45, 7) is 0. The number of nitrogens with zero attached hydrogens (tertiary/aromatic N) is 2. The zero-order valence-corrected chi connectivity index (χ0v) is 9.77. The average Bonchev–Trinajstić information content (AvgIpc) is 2.41. The van der Waals surface area contributed by atoms with Gasteiger partial charge in [-0.25, -0.2) is 18.7 Å². The first kappa shape index (κ1) is 11.5. The van der Waals surface area contributed by atoms with Crippen molar-refractivity contribution in [3.8, 4) is 11.3 Å². The molecule has 0 radical (unpaired) electrons. The van der Waals surface area contributed by atoms with Crippen molar-refractivity contribution in [2.75, 3.05) is 5.73 Å². The van der Waals surface area contributed by atoms with Gasteiger partial charge in [0.25, 0.3) is 0 Å². The highest BCUT2D eigenvalue weighted by Gasteiger charge is 2.10. The Morgan fingerprint density at radius 3 is 2.47 bits per heavy atom. The molecule has 2 N–H and O–H groups in total. The minimum absolute atomic E-state index is 0.0958. The van der Waals surface area contributed by atoms with Crippen LogP contribution in [0.4, 0.5) is 14.7 Å². The highest BCUT2D eigenvalue weighted by Crippen LogP contribution is 2.27. The van der Waals surface area contributed by atoms with E-state index in [-0.39, 0.29) is 5.95 Å². The number of anilines is 1. The lowest BCUT2D eigenvalue weighted by Gasteiger charge is -2.07. The topological polar surface area (TPSA) is 51.8 Å². The van der Waals surface area contributed by atoms with Crippen LogP contribution in [0.1, 0.15) is 0 Å². The summed E-state index contributed by atoms with van der Waals surface area (Å²) in [6, 6.07) is 10.9. The first-order valence-corrected chi connectivity index (χ1v) is 5.63. The number of aromatic nitrogens is 2. The van der Waals surface area contributed by atoms with Crippen molar-refractivity contribution in [1.29, 1.82) is 0 Å². The molecule has 0 aliphatic carbocycles. The van der Waals surface area contributed by atoms with E-state index < -0.39 is 11.6 Å². The number of nitrogens with two attached hydrogens (primary N) is 1. The predicted molar refractivity (Wildman–Crippen MR) is 69.3 cm³/mol. The summed E-state index contributed by atoms with van der Waals surface area (Å²) in [5.41, 5.74) is 7.25. The fourth-order valence-electron chi connectivity index (χ4n) is 1.96. The van der Waals surface area contributed by atoms with Crippen LogP contribution < -0.4 is 5.73 Å². The molecule has 0 unspecified atom stereocenters. The van der Waals surface area contributed by atoms with Gasteiger partial charge in [-0.15, -0.1) is 0 Å². The van der Waals surface area contributed by atoms with Crippen molar-refractivity contribution in [2.45, 2.75) is 0 Å². The number of benzene rings is 2.